The highest BCUT2D eigenvalue weighted by atomic mass is 16.1. The number of hydrogen-bond acceptors (Lipinski definition) is 5. The van der Waals surface area contributed by atoms with E-state index in [1.165, 1.54) is 0 Å². The van der Waals surface area contributed by atoms with Gasteiger partial charge in [-0.25, -0.2) is 9.97 Å². The van der Waals surface area contributed by atoms with Crippen LogP contribution in [0, 0.1) is 0 Å². The zero-order valence-electron chi connectivity index (χ0n) is 16.2. The topological polar surface area (TPSA) is 107 Å². The van der Waals surface area contributed by atoms with Crippen LogP contribution in [0.15, 0.2) is 85.1 Å². The molecule has 0 bridgehead atoms. The number of primary amides is 1. The van der Waals surface area contributed by atoms with Crippen LogP contribution in [0.1, 0.15) is 15.9 Å². The minimum atomic E-state index is -0.451. The summed E-state index contributed by atoms with van der Waals surface area (Å²) < 4.78 is 0. The van der Waals surface area contributed by atoms with Gasteiger partial charge >= 0.3 is 0 Å². The van der Waals surface area contributed by atoms with Crippen molar-refractivity contribution in [3.63, 3.8) is 0 Å². The quantitative estimate of drug-likeness (QED) is 0.426. The Morgan fingerprint density at radius 1 is 0.867 bits per heavy atom. The van der Waals surface area contributed by atoms with Gasteiger partial charge < -0.3 is 16.8 Å². The van der Waals surface area contributed by atoms with Gasteiger partial charge in [0.1, 0.15) is 0 Å². The Hall–Kier alpha value is -4.19. The number of hydrogen-bond donors (Lipinski definition) is 3. The van der Waals surface area contributed by atoms with Crippen LogP contribution in [0.4, 0.5) is 11.6 Å². The van der Waals surface area contributed by atoms with Crippen molar-refractivity contribution in [3.8, 4) is 22.4 Å². The molecule has 0 spiro atoms. The minimum absolute atomic E-state index is 0.451. The van der Waals surface area contributed by atoms with E-state index in [2.05, 4.69) is 39.6 Å². The summed E-state index contributed by atoms with van der Waals surface area (Å²) >= 11 is 0. The maximum atomic E-state index is 11.2. The predicted molar refractivity (Wildman–Crippen MR) is 120 cm³/mol. The number of carbonyl (C=O) groups is 1. The van der Waals surface area contributed by atoms with Crippen LogP contribution < -0.4 is 16.8 Å². The molecule has 0 atom stereocenters. The Labute approximate surface area is 174 Å². The highest BCUT2D eigenvalue weighted by molar-refractivity contribution is 5.93. The summed E-state index contributed by atoms with van der Waals surface area (Å²) in [6, 6.07) is 25.0. The summed E-state index contributed by atoms with van der Waals surface area (Å²) in [7, 11) is 0. The van der Waals surface area contributed by atoms with E-state index in [0.29, 0.717) is 18.1 Å². The monoisotopic (exact) mass is 395 g/mol. The number of anilines is 2. The molecule has 0 radical (unpaired) electrons. The average Bonchev–Trinajstić information content (AvgIpc) is 2.78. The summed E-state index contributed by atoms with van der Waals surface area (Å²) in [6.07, 6.45) is 1.70. The maximum Gasteiger partial charge on any atom is 0.248 e. The number of nitrogens with one attached hydrogen (secondary N) is 1. The van der Waals surface area contributed by atoms with Gasteiger partial charge in [-0.05, 0) is 47.0 Å². The molecule has 4 rings (SSSR count). The van der Waals surface area contributed by atoms with E-state index in [1.807, 2.05) is 42.5 Å². The van der Waals surface area contributed by atoms with Crippen LogP contribution in [-0.4, -0.2) is 15.9 Å². The summed E-state index contributed by atoms with van der Waals surface area (Å²) in [6.45, 7) is 0.598. The van der Waals surface area contributed by atoms with Crippen molar-refractivity contribution in [1.82, 2.24) is 9.97 Å². The van der Waals surface area contributed by atoms with Crippen molar-refractivity contribution >= 4 is 17.5 Å². The highest BCUT2D eigenvalue weighted by Gasteiger charge is 2.05. The number of amides is 1. The second kappa shape index (κ2) is 8.45. The summed E-state index contributed by atoms with van der Waals surface area (Å²) in [5, 5.41) is 3.25. The molecule has 5 N–H and O–H groups in total. The fourth-order valence-electron chi connectivity index (χ4n) is 3.12. The Morgan fingerprint density at radius 3 is 2.30 bits per heavy atom. The molecule has 3 aromatic carbocycles. The largest absolute Gasteiger partial charge is 0.399 e. The molecule has 0 aliphatic rings. The van der Waals surface area contributed by atoms with Gasteiger partial charge in [0, 0.05) is 29.6 Å². The zero-order chi connectivity index (χ0) is 20.9. The fraction of sp³-hybridized carbons (Fsp3) is 0.0417. The number of nitrogen functional groups attached to an aromatic ring is 1. The van der Waals surface area contributed by atoms with E-state index in [1.54, 1.807) is 18.3 Å². The van der Waals surface area contributed by atoms with Gasteiger partial charge in [0.2, 0.25) is 11.9 Å². The van der Waals surface area contributed by atoms with Crippen molar-refractivity contribution in [2.45, 2.75) is 6.54 Å². The molecule has 6 nitrogen and oxygen atoms in total. The first-order valence-electron chi connectivity index (χ1n) is 9.50. The van der Waals surface area contributed by atoms with Crippen molar-refractivity contribution in [2.75, 3.05) is 11.1 Å². The molecule has 1 amide bonds. The van der Waals surface area contributed by atoms with Gasteiger partial charge in [0.05, 0.1) is 5.69 Å². The van der Waals surface area contributed by atoms with Crippen LogP contribution in [0.3, 0.4) is 0 Å². The first kappa shape index (κ1) is 19.1. The molecule has 0 aliphatic carbocycles. The Kier molecular flexibility index (Phi) is 5.39. The Morgan fingerprint density at radius 2 is 1.60 bits per heavy atom. The Bertz CT molecular complexity index is 1170. The molecule has 0 saturated heterocycles. The van der Waals surface area contributed by atoms with Crippen molar-refractivity contribution in [2.24, 2.45) is 5.73 Å². The van der Waals surface area contributed by atoms with Gasteiger partial charge in [-0.3, -0.25) is 4.79 Å². The molecule has 4 aromatic rings. The van der Waals surface area contributed by atoms with E-state index in [4.69, 9.17) is 11.5 Å². The lowest BCUT2D eigenvalue weighted by molar-refractivity contribution is 0.100. The van der Waals surface area contributed by atoms with Gasteiger partial charge in [-0.2, -0.15) is 0 Å². The number of rotatable bonds is 6. The molecule has 0 unspecified atom stereocenters. The van der Waals surface area contributed by atoms with Crippen LogP contribution in [0.25, 0.3) is 22.4 Å². The van der Waals surface area contributed by atoms with Crippen LogP contribution in [-0.2, 0) is 6.54 Å². The van der Waals surface area contributed by atoms with Crippen LogP contribution in [0.2, 0.25) is 0 Å². The lowest BCUT2D eigenvalue weighted by Gasteiger charge is -2.08. The standard InChI is InChI=1S/C24H21N5O/c25-21-3-1-2-20(14-21)17-6-4-16(5-7-17)15-28-24-27-13-12-22(29-24)18-8-10-19(11-9-18)23(26)30/h1-14H,15,25H2,(H2,26,30)(H,27,28,29). The van der Waals surface area contributed by atoms with E-state index in [0.717, 1.165) is 33.6 Å². The molecule has 0 saturated carbocycles. The molecule has 148 valence electrons. The van der Waals surface area contributed by atoms with E-state index in [-0.39, 0.29) is 0 Å². The number of nitrogens with zero attached hydrogens (tertiary/aromatic N) is 2. The first-order chi connectivity index (χ1) is 14.6. The van der Waals surface area contributed by atoms with E-state index >= 15 is 0 Å². The van der Waals surface area contributed by atoms with Crippen LogP contribution in [0.5, 0.6) is 0 Å². The van der Waals surface area contributed by atoms with Gasteiger partial charge in [0.15, 0.2) is 0 Å². The SMILES string of the molecule is NC(=O)c1ccc(-c2ccnc(NCc3ccc(-c4cccc(N)c4)cc3)n2)cc1. The highest BCUT2D eigenvalue weighted by Crippen LogP contribution is 2.22. The zero-order valence-corrected chi connectivity index (χ0v) is 16.2. The summed E-state index contributed by atoms with van der Waals surface area (Å²) in [5.74, 6) is 0.0831. The van der Waals surface area contributed by atoms with Crippen LogP contribution >= 0.6 is 0 Å². The third-order valence-corrected chi connectivity index (χ3v) is 4.75. The number of benzene rings is 3. The minimum Gasteiger partial charge on any atom is -0.399 e. The normalized spacial score (nSPS) is 10.5. The second-order valence-corrected chi connectivity index (χ2v) is 6.88. The van der Waals surface area contributed by atoms with Gasteiger partial charge in [-0.1, -0.05) is 48.5 Å². The van der Waals surface area contributed by atoms with Gasteiger partial charge in [0.25, 0.3) is 0 Å². The smallest absolute Gasteiger partial charge is 0.248 e. The molecule has 6 heteroatoms. The molecular weight excluding hydrogens is 374 g/mol. The Balaban J connectivity index is 1.44. The molecule has 30 heavy (non-hydrogen) atoms. The van der Waals surface area contributed by atoms with Gasteiger partial charge in [-0.15, -0.1) is 0 Å². The lowest BCUT2D eigenvalue weighted by atomic mass is 10.0. The lowest BCUT2D eigenvalue weighted by Crippen LogP contribution is -2.10. The maximum absolute atomic E-state index is 11.2. The molecular formula is C24H21N5O. The fourth-order valence-corrected chi connectivity index (χ4v) is 3.12. The molecule has 0 fully saturated rings. The van der Waals surface area contributed by atoms with Crippen molar-refractivity contribution < 1.29 is 4.79 Å². The number of nitrogens with two attached hydrogens (primary N) is 2. The average molecular weight is 395 g/mol. The number of carbonyl (C=O) groups excluding carboxylic acids is 1. The third-order valence-electron chi connectivity index (χ3n) is 4.75. The first-order valence-corrected chi connectivity index (χ1v) is 9.50. The number of aromatic nitrogens is 2. The molecule has 0 aliphatic heterocycles. The second-order valence-electron chi connectivity index (χ2n) is 6.88. The van der Waals surface area contributed by atoms with Crippen molar-refractivity contribution in [3.05, 3.63) is 96.2 Å². The summed E-state index contributed by atoms with van der Waals surface area (Å²) in [5.41, 5.74) is 17.3. The predicted octanol–water partition coefficient (Wildman–Crippen LogP) is 4.10. The van der Waals surface area contributed by atoms with E-state index < -0.39 is 5.91 Å². The molecule has 1 heterocycles. The summed E-state index contributed by atoms with van der Waals surface area (Å²) in [4.78, 5) is 20.1. The molecule has 1 aromatic heterocycles. The van der Waals surface area contributed by atoms with E-state index in [9.17, 15) is 4.79 Å². The van der Waals surface area contributed by atoms with Crippen molar-refractivity contribution in [1.29, 1.82) is 0 Å². The third kappa shape index (κ3) is 4.44.